The minimum atomic E-state index is -0.324. The average molecular weight is 322 g/mol. The summed E-state index contributed by atoms with van der Waals surface area (Å²) in [5.41, 5.74) is 6.55. The number of methoxy groups -OCH3 is 1. The van der Waals surface area contributed by atoms with Crippen molar-refractivity contribution in [2.24, 2.45) is 0 Å². The Morgan fingerprint density at radius 1 is 1.42 bits per heavy atom. The van der Waals surface area contributed by atoms with E-state index in [1.807, 2.05) is 0 Å². The lowest BCUT2D eigenvalue weighted by molar-refractivity contribution is 0.102. The molecule has 0 radical (unpaired) electrons. The van der Waals surface area contributed by atoms with E-state index in [9.17, 15) is 4.79 Å². The summed E-state index contributed by atoms with van der Waals surface area (Å²) in [4.78, 5) is 16.2. The van der Waals surface area contributed by atoms with E-state index >= 15 is 0 Å². The van der Waals surface area contributed by atoms with Crippen LogP contribution in [0.5, 0.6) is 5.75 Å². The van der Waals surface area contributed by atoms with Gasteiger partial charge >= 0.3 is 0 Å². The molecule has 1 aromatic carbocycles. The predicted octanol–water partition coefficient (Wildman–Crippen LogP) is 2.69. The van der Waals surface area contributed by atoms with Crippen molar-refractivity contribution in [1.29, 1.82) is 0 Å². The number of nitrogens with two attached hydrogens (primary N) is 1. The van der Waals surface area contributed by atoms with Crippen LogP contribution in [-0.4, -0.2) is 18.0 Å². The molecule has 0 aliphatic heterocycles. The summed E-state index contributed by atoms with van der Waals surface area (Å²) in [6.45, 7) is 0. The van der Waals surface area contributed by atoms with Crippen molar-refractivity contribution in [1.82, 2.24) is 4.98 Å². The van der Waals surface area contributed by atoms with Crippen molar-refractivity contribution in [2.45, 2.75) is 0 Å². The van der Waals surface area contributed by atoms with E-state index in [-0.39, 0.29) is 5.91 Å². The van der Waals surface area contributed by atoms with Crippen molar-refractivity contribution in [3.63, 3.8) is 0 Å². The first-order valence-corrected chi connectivity index (χ1v) is 6.26. The van der Waals surface area contributed by atoms with Gasteiger partial charge in [0, 0.05) is 10.7 Å². The minimum absolute atomic E-state index is 0.324. The summed E-state index contributed by atoms with van der Waals surface area (Å²) in [6, 6.07) is 8.51. The number of rotatable bonds is 3. The zero-order valence-electron chi connectivity index (χ0n) is 10.2. The molecule has 0 atom stereocenters. The first-order chi connectivity index (χ1) is 9.11. The van der Waals surface area contributed by atoms with E-state index < -0.39 is 0 Å². The monoisotopic (exact) mass is 321 g/mol. The standard InChI is InChI=1S/C13H12BrN3O2/c1-19-11-7-8(14)4-5-9(11)13(18)17-12-10(15)3-2-6-16-12/h2-7H,15H2,1H3,(H,16,17,18). The Bertz CT molecular complexity index is 617. The third kappa shape index (κ3) is 3.03. The Morgan fingerprint density at radius 3 is 2.89 bits per heavy atom. The maximum atomic E-state index is 12.2. The third-order valence-corrected chi connectivity index (χ3v) is 2.97. The van der Waals surface area contributed by atoms with Crippen LogP contribution >= 0.6 is 15.9 Å². The number of hydrogen-bond acceptors (Lipinski definition) is 4. The van der Waals surface area contributed by atoms with Crippen LogP contribution in [0, 0.1) is 0 Å². The summed E-state index contributed by atoms with van der Waals surface area (Å²) in [5, 5.41) is 2.65. The molecule has 0 spiro atoms. The molecule has 0 bridgehead atoms. The number of amides is 1. The summed E-state index contributed by atoms with van der Waals surface area (Å²) in [6.07, 6.45) is 1.56. The Labute approximate surface area is 118 Å². The number of nitrogens with one attached hydrogen (secondary N) is 1. The van der Waals surface area contributed by atoms with Crippen LogP contribution in [0.15, 0.2) is 41.0 Å². The highest BCUT2D eigenvalue weighted by atomic mass is 79.9. The van der Waals surface area contributed by atoms with Gasteiger partial charge in [0.15, 0.2) is 5.82 Å². The number of ether oxygens (including phenoxy) is 1. The van der Waals surface area contributed by atoms with Gasteiger partial charge in [-0.25, -0.2) is 4.98 Å². The third-order valence-electron chi connectivity index (χ3n) is 2.48. The number of anilines is 2. The normalized spacial score (nSPS) is 10.0. The second-order valence-electron chi connectivity index (χ2n) is 3.74. The molecule has 0 saturated heterocycles. The maximum Gasteiger partial charge on any atom is 0.260 e. The van der Waals surface area contributed by atoms with Crippen LogP contribution in [0.3, 0.4) is 0 Å². The predicted molar refractivity (Wildman–Crippen MR) is 77.3 cm³/mol. The number of benzene rings is 1. The average Bonchev–Trinajstić information content (AvgIpc) is 2.41. The molecule has 2 aromatic rings. The molecule has 1 aromatic heterocycles. The minimum Gasteiger partial charge on any atom is -0.496 e. The van der Waals surface area contributed by atoms with Crippen molar-refractivity contribution in [3.05, 3.63) is 46.6 Å². The maximum absolute atomic E-state index is 12.2. The van der Waals surface area contributed by atoms with E-state index in [4.69, 9.17) is 10.5 Å². The lowest BCUT2D eigenvalue weighted by Crippen LogP contribution is -2.15. The second-order valence-corrected chi connectivity index (χ2v) is 4.66. The fourth-order valence-corrected chi connectivity index (χ4v) is 1.89. The highest BCUT2D eigenvalue weighted by Gasteiger charge is 2.14. The molecule has 6 heteroatoms. The van der Waals surface area contributed by atoms with E-state index in [1.54, 1.807) is 36.5 Å². The molecule has 2 rings (SSSR count). The van der Waals surface area contributed by atoms with Crippen LogP contribution in [-0.2, 0) is 0 Å². The van der Waals surface area contributed by atoms with E-state index in [1.165, 1.54) is 7.11 Å². The van der Waals surface area contributed by atoms with Crippen LogP contribution in [0.25, 0.3) is 0 Å². The molecule has 1 amide bonds. The molecule has 1 heterocycles. The molecule has 0 aliphatic carbocycles. The van der Waals surface area contributed by atoms with E-state index in [0.29, 0.717) is 22.8 Å². The molecule has 3 N–H and O–H groups in total. The number of aromatic nitrogens is 1. The lowest BCUT2D eigenvalue weighted by Gasteiger charge is -2.10. The van der Waals surface area contributed by atoms with Gasteiger partial charge in [-0.2, -0.15) is 0 Å². The van der Waals surface area contributed by atoms with Gasteiger partial charge in [0.05, 0.1) is 18.4 Å². The van der Waals surface area contributed by atoms with Gasteiger partial charge in [0.1, 0.15) is 5.75 Å². The zero-order chi connectivity index (χ0) is 13.8. The van der Waals surface area contributed by atoms with Crippen LogP contribution in [0.1, 0.15) is 10.4 Å². The molecule has 0 aliphatic rings. The summed E-state index contributed by atoms with van der Waals surface area (Å²) in [5.74, 6) is 0.480. The van der Waals surface area contributed by atoms with Crippen molar-refractivity contribution >= 4 is 33.3 Å². The number of halogens is 1. The van der Waals surface area contributed by atoms with Crippen molar-refractivity contribution in [2.75, 3.05) is 18.2 Å². The Kier molecular flexibility index (Phi) is 4.01. The highest BCUT2D eigenvalue weighted by Crippen LogP contribution is 2.24. The number of pyridine rings is 1. The zero-order valence-corrected chi connectivity index (χ0v) is 11.8. The number of nitrogens with zero attached hydrogens (tertiary/aromatic N) is 1. The fourth-order valence-electron chi connectivity index (χ4n) is 1.55. The molecule has 98 valence electrons. The molecular weight excluding hydrogens is 310 g/mol. The van der Waals surface area contributed by atoms with Crippen LogP contribution in [0.4, 0.5) is 11.5 Å². The van der Waals surface area contributed by atoms with Gasteiger partial charge in [-0.15, -0.1) is 0 Å². The molecule has 0 saturated carbocycles. The smallest absolute Gasteiger partial charge is 0.260 e. The van der Waals surface area contributed by atoms with Crippen molar-refractivity contribution < 1.29 is 9.53 Å². The quantitative estimate of drug-likeness (QED) is 0.911. The first-order valence-electron chi connectivity index (χ1n) is 5.47. The van der Waals surface area contributed by atoms with Crippen LogP contribution < -0.4 is 15.8 Å². The van der Waals surface area contributed by atoms with Gasteiger partial charge in [-0.3, -0.25) is 4.79 Å². The molecule has 0 unspecified atom stereocenters. The fraction of sp³-hybridized carbons (Fsp3) is 0.0769. The van der Waals surface area contributed by atoms with Gasteiger partial charge in [0.2, 0.25) is 0 Å². The number of carbonyl (C=O) groups excluding carboxylic acids is 1. The number of carbonyl (C=O) groups is 1. The Hall–Kier alpha value is -2.08. The Morgan fingerprint density at radius 2 is 2.21 bits per heavy atom. The topological polar surface area (TPSA) is 77.2 Å². The first kappa shape index (κ1) is 13.4. The van der Waals surface area contributed by atoms with E-state index in [2.05, 4.69) is 26.2 Å². The highest BCUT2D eigenvalue weighted by molar-refractivity contribution is 9.10. The summed E-state index contributed by atoms with van der Waals surface area (Å²) in [7, 11) is 1.51. The lowest BCUT2D eigenvalue weighted by atomic mass is 10.2. The second kappa shape index (κ2) is 5.71. The van der Waals surface area contributed by atoms with Gasteiger partial charge in [0.25, 0.3) is 5.91 Å². The summed E-state index contributed by atoms with van der Waals surface area (Å²) < 4.78 is 6.00. The number of hydrogen-bond donors (Lipinski definition) is 2. The van der Waals surface area contributed by atoms with Crippen molar-refractivity contribution in [3.8, 4) is 5.75 Å². The Balaban J connectivity index is 2.28. The van der Waals surface area contributed by atoms with Gasteiger partial charge in [-0.05, 0) is 30.3 Å². The summed E-state index contributed by atoms with van der Waals surface area (Å²) >= 11 is 3.32. The van der Waals surface area contributed by atoms with Gasteiger partial charge < -0.3 is 15.8 Å². The molecule has 5 nitrogen and oxygen atoms in total. The molecule has 19 heavy (non-hydrogen) atoms. The van der Waals surface area contributed by atoms with Crippen LogP contribution in [0.2, 0.25) is 0 Å². The number of nitrogen functional groups attached to an aromatic ring is 1. The molecule has 0 fully saturated rings. The SMILES string of the molecule is COc1cc(Br)ccc1C(=O)Nc1ncccc1N. The molecular formula is C13H12BrN3O2. The van der Waals surface area contributed by atoms with Gasteiger partial charge in [-0.1, -0.05) is 15.9 Å². The largest absolute Gasteiger partial charge is 0.496 e. The van der Waals surface area contributed by atoms with E-state index in [0.717, 1.165) is 4.47 Å².